The standard InChI is InChI=1S/C11H15NO/c1-3-4-8(2)9-5-6-10-11(9)13-7-12-10/h7H,3-6H2,1-2H3/b9-8+. The number of hydrogen-bond donors (Lipinski definition) is 0. The van der Waals surface area contributed by atoms with Crippen LogP contribution in [0, 0.1) is 0 Å². The third-order valence-electron chi connectivity index (χ3n) is 2.67. The Labute approximate surface area is 78.7 Å². The zero-order valence-electron chi connectivity index (χ0n) is 8.26. The zero-order chi connectivity index (χ0) is 9.26. The second kappa shape index (κ2) is 3.36. The summed E-state index contributed by atoms with van der Waals surface area (Å²) in [6.45, 7) is 4.41. The molecule has 0 bridgehead atoms. The first kappa shape index (κ1) is 8.54. The smallest absolute Gasteiger partial charge is 0.181 e. The minimum Gasteiger partial charge on any atom is -0.444 e. The third kappa shape index (κ3) is 1.41. The van der Waals surface area contributed by atoms with E-state index in [-0.39, 0.29) is 0 Å². The molecule has 1 aromatic rings. The monoisotopic (exact) mass is 177 g/mol. The number of fused-ring (bicyclic) bond motifs is 1. The van der Waals surface area contributed by atoms with E-state index in [1.165, 1.54) is 24.0 Å². The van der Waals surface area contributed by atoms with Crippen LogP contribution in [0.4, 0.5) is 0 Å². The van der Waals surface area contributed by atoms with Gasteiger partial charge in [-0.15, -0.1) is 0 Å². The topological polar surface area (TPSA) is 26.0 Å². The Balaban J connectivity index is 2.33. The second-order valence-electron chi connectivity index (χ2n) is 3.64. The SMILES string of the molecule is CCC/C(C)=C1\CCc2ncoc21. The van der Waals surface area contributed by atoms with Gasteiger partial charge in [0.1, 0.15) is 0 Å². The van der Waals surface area contributed by atoms with E-state index < -0.39 is 0 Å². The molecule has 0 amide bonds. The van der Waals surface area contributed by atoms with Crippen LogP contribution in [0.3, 0.4) is 0 Å². The number of nitrogens with zero attached hydrogens (tertiary/aromatic N) is 1. The maximum Gasteiger partial charge on any atom is 0.181 e. The van der Waals surface area contributed by atoms with Crippen molar-refractivity contribution in [2.45, 2.75) is 39.5 Å². The van der Waals surface area contributed by atoms with Crippen molar-refractivity contribution >= 4 is 5.57 Å². The summed E-state index contributed by atoms with van der Waals surface area (Å²) in [6.07, 6.45) is 6.12. The average molecular weight is 177 g/mol. The van der Waals surface area contributed by atoms with Gasteiger partial charge in [-0.2, -0.15) is 0 Å². The summed E-state index contributed by atoms with van der Waals surface area (Å²) in [4.78, 5) is 4.19. The summed E-state index contributed by atoms with van der Waals surface area (Å²) in [5, 5.41) is 0. The van der Waals surface area contributed by atoms with Crippen molar-refractivity contribution in [2.75, 3.05) is 0 Å². The predicted molar refractivity (Wildman–Crippen MR) is 52.3 cm³/mol. The summed E-state index contributed by atoms with van der Waals surface area (Å²) in [5.41, 5.74) is 4.01. The highest BCUT2D eigenvalue weighted by Gasteiger charge is 2.22. The van der Waals surface area contributed by atoms with E-state index in [0.29, 0.717) is 0 Å². The summed E-state index contributed by atoms with van der Waals surface area (Å²) in [5.74, 6) is 1.05. The Morgan fingerprint density at radius 2 is 2.38 bits per heavy atom. The van der Waals surface area contributed by atoms with Gasteiger partial charge < -0.3 is 4.42 Å². The van der Waals surface area contributed by atoms with Crippen LogP contribution in [0.1, 0.15) is 44.6 Å². The molecule has 0 fully saturated rings. The molecule has 0 atom stereocenters. The van der Waals surface area contributed by atoms with Gasteiger partial charge >= 0.3 is 0 Å². The van der Waals surface area contributed by atoms with Gasteiger partial charge in [0, 0.05) is 0 Å². The number of hydrogen-bond acceptors (Lipinski definition) is 2. The molecule has 0 unspecified atom stereocenters. The lowest BCUT2D eigenvalue weighted by atomic mass is 10.0. The Morgan fingerprint density at radius 3 is 3.15 bits per heavy atom. The minimum atomic E-state index is 1.05. The van der Waals surface area contributed by atoms with E-state index in [0.717, 1.165) is 24.3 Å². The molecule has 0 aromatic carbocycles. The first-order valence-corrected chi connectivity index (χ1v) is 4.94. The molecule has 13 heavy (non-hydrogen) atoms. The maximum atomic E-state index is 5.39. The van der Waals surface area contributed by atoms with Crippen molar-refractivity contribution in [3.05, 3.63) is 23.4 Å². The first-order chi connectivity index (χ1) is 6.33. The van der Waals surface area contributed by atoms with E-state index in [1.54, 1.807) is 6.39 Å². The summed E-state index contributed by atoms with van der Waals surface area (Å²) in [7, 11) is 0. The fourth-order valence-corrected chi connectivity index (χ4v) is 1.98. The third-order valence-corrected chi connectivity index (χ3v) is 2.67. The molecule has 1 aliphatic rings. The fraction of sp³-hybridized carbons (Fsp3) is 0.545. The van der Waals surface area contributed by atoms with Crippen LogP contribution in [0.5, 0.6) is 0 Å². The van der Waals surface area contributed by atoms with Gasteiger partial charge in [0.15, 0.2) is 12.2 Å². The van der Waals surface area contributed by atoms with Crippen LogP contribution in [0.2, 0.25) is 0 Å². The number of aromatic nitrogens is 1. The minimum absolute atomic E-state index is 1.05. The van der Waals surface area contributed by atoms with Crippen LogP contribution in [0.25, 0.3) is 5.57 Å². The molecule has 2 heteroatoms. The number of allylic oxidation sites excluding steroid dienone is 2. The maximum absolute atomic E-state index is 5.39. The highest BCUT2D eigenvalue weighted by Crippen LogP contribution is 2.34. The highest BCUT2D eigenvalue weighted by atomic mass is 16.3. The summed E-state index contributed by atoms with van der Waals surface area (Å²) < 4.78 is 5.39. The quantitative estimate of drug-likeness (QED) is 0.693. The van der Waals surface area contributed by atoms with Crippen molar-refractivity contribution in [2.24, 2.45) is 0 Å². The van der Waals surface area contributed by atoms with Crippen molar-refractivity contribution < 1.29 is 4.42 Å². The summed E-state index contributed by atoms with van der Waals surface area (Å²) >= 11 is 0. The lowest BCUT2D eigenvalue weighted by Crippen LogP contribution is -1.83. The molecule has 0 radical (unpaired) electrons. The van der Waals surface area contributed by atoms with Crippen LogP contribution in [-0.2, 0) is 6.42 Å². The molecule has 2 rings (SSSR count). The van der Waals surface area contributed by atoms with E-state index in [4.69, 9.17) is 4.42 Å². The lowest BCUT2D eigenvalue weighted by Gasteiger charge is -2.02. The molecule has 1 aromatic heterocycles. The highest BCUT2D eigenvalue weighted by molar-refractivity contribution is 5.69. The van der Waals surface area contributed by atoms with E-state index in [1.807, 2.05) is 0 Å². The molecule has 70 valence electrons. The lowest BCUT2D eigenvalue weighted by molar-refractivity contribution is 0.543. The van der Waals surface area contributed by atoms with Crippen LogP contribution in [-0.4, -0.2) is 4.98 Å². The van der Waals surface area contributed by atoms with Gasteiger partial charge in [-0.25, -0.2) is 4.98 Å². The van der Waals surface area contributed by atoms with Gasteiger partial charge in [-0.1, -0.05) is 18.9 Å². The Bertz CT molecular complexity index is 336. The molecule has 1 aliphatic carbocycles. The number of aryl methyl sites for hydroxylation is 1. The number of oxazole rings is 1. The van der Waals surface area contributed by atoms with Gasteiger partial charge in [0.2, 0.25) is 0 Å². The summed E-state index contributed by atoms with van der Waals surface area (Å²) in [6, 6.07) is 0. The Kier molecular flexibility index (Phi) is 2.21. The first-order valence-electron chi connectivity index (χ1n) is 4.94. The Hall–Kier alpha value is -1.05. The van der Waals surface area contributed by atoms with Crippen molar-refractivity contribution in [1.82, 2.24) is 4.98 Å². The van der Waals surface area contributed by atoms with Gasteiger partial charge in [0.25, 0.3) is 0 Å². The van der Waals surface area contributed by atoms with Gasteiger partial charge in [-0.3, -0.25) is 0 Å². The molecular weight excluding hydrogens is 162 g/mol. The molecule has 2 nitrogen and oxygen atoms in total. The fourth-order valence-electron chi connectivity index (χ4n) is 1.98. The average Bonchev–Trinajstić information content (AvgIpc) is 2.62. The largest absolute Gasteiger partial charge is 0.444 e. The van der Waals surface area contributed by atoms with Gasteiger partial charge in [0.05, 0.1) is 5.69 Å². The Morgan fingerprint density at radius 1 is 1.54 bits per heavy atom. The molecule has 0 saturated carbocycles. The number of rotatable bonds is 2. The van der Waals surface area contributed by atoms with E-state index >= 15 is 0 Å². The van der Waals surface area contributed by atoms with Crippen LogP contribution >= 0.6 is 0 Å². The second-order valence-corrected chi connectivity index (χ2v) is 3.64. The van der Waals surface area contributed by atoms with Crippen LogP contribution < -0.4 is 0 Å². The molecule has 0 aliphatic heterocycles. The molecule has 0 N–H and O–H groups in total. The zero-order valence-corrected chi connectivity index (χ0v) is 8.26. The molecule has 1 heterocycles. The van der Waals surface area contributed by atoms with Gasteiger partial charge in [-0.05, 0) is 31.8 Å². The normalized spacial score (nSPS) is 18.9. The molecular formula is C11H15NO. The van der Waals surface area contributed by atoms with E-state index in [2.05, 4.69) is 18.8 Å². The van der Waals surface area contributed by atoms with E-state index in [9.17, 15) is 0 Å². The predicted octanol–water partition coefficient (Wildman–Crippen LogP) is 3.19. The van der Waals surface area contributed by atoms with Crippen LogP contribution in [0.15, 0.2) is 16.4 Å². The van der Waals surface area contributed by atoms with Crippen molar-refractivity contribution in [3.8, 4) is 0 Å². The molecule has 0 spiro atoms. The van der Waals surface area contributed by atoms with Crippen molar-refractivity contribution in [1.29, 1.82) is 0 Å². The molecule has 0 saturated heterocycles. The van der Waals surface area contributed by atoms with Crippen molar-refractivity contribution in [3.63, 3.8) is 0 Å².